The molecule has 0 aromatic heterocycles. The Morgan fingerprint density at radius 1 is 1.56 bits per heavy atom. The molecule has 18 heavy (non-hydrogen) atoms. The smallest absolute Gasteiger partial charge is 0.0988 e. The van der Waals surface area contributed by atoms with E-state index in [1.165, 1.54) is 0 Å². The van der Waals surface area contributed by atoms with Gasteiger partial charge >= 0.3 is 0 Å². The second-order valence-corrected chi connectivity index (χ2v) is 6.44. The van der Waals surface area contributed by atoms with Gasteiger partial charge in [-0.1, -0.05) is 0 Å². The minimum atomic E-state index is -0.254. The van der Waals surface area contributed by atoms with Crippen molar-refractivity contribution >= 4 is 34.0 Å². The van der Waals surface area contributed by atoms with Crippen molar-refractivity contribution in [1.82, 2.24) is 0 Å². The number of nitrogens with zero attached hydrogens (tertiary/aromatic N) is 1. The summed E-state index contributed by atoms with van der Waals surface area (Å²) in [6.07, 6.45) is -0.137. The Labute approximate surface area is 121 Å². The summed E-state index contributed by atoms with van der Waals surface area (Å²) in [6.45, 7) is 5.66. The summed E-state index contributed by atoms with van der Waals surface area (Å²) < 4.78 is 6.95. The highest BCUT2D eigenvalue weighted by Gasteiger charge is 2.33. The number of hydrogen-bond acceptors (Lipinski definition) is 4. The van der Waals surface area contributed by atoms with Gasteiger partial charge in [0, 0.05) is 22.3 Å². The van der Waals surface area contributed by atoms with Gasteiger partial charge in [0.2, 0.25) is 0 Å². The number of ether oxygens (including phenoxy) is 1. The molecule has 0 aliphatic carbocycles. The van der Waals surface area contributed by atoms with Gasteiger partial charge in [-0.05, 0) is 54.6 Å². The largest absolute Gasteiger partial charge is 0.399 e. The third kappa shape index (κ3) is 3.07. The van der Waals surface area contributed by atoms with Crippen LogP contribution in [-0.4, -0.2) is 36.5 Å². The standard InChI is InChI=1S/C13H19IN2O2/c1-13(2)8-16(6-10(7-17)18-13)12-4-3-9(15)5-11(12)14/h3-5,10,17H,6-8,15H2,1-2H3. The van der Waals surface area contributed by atoms with Crippen LogP contribution in [0.15, 0.2) is 18.2 Å². The maximum Gasteiger partial charge on any atom is 0.0988 e. The minimum Gasteiger partial charge on any atom is -0.399 e. The Kier molecular flexibility index (Phi) is 4.03. The molecule has 1 fully saturated rings. The maximum absolute atomic E-state index is 9.33. The van der Waals surface area contributed by atoms with Crippen molar-refractivity contribution in [2.45, 2.75) is 25.6 Å². The molecular weight excluding hydrogens is 343 g/mol. The second kappa shape index (κ2) is 5.22. The van der Waals surface area contributed by atoms with E-state index in [1.54, 1.807) is 0 Å². The summed E-state index contributed by atoms with van der Waals surface area (Å²) >= 11 is 2.29. The first-order valence-corrected chi connectivity index (χ1v) is 7.08. The third-order valence-corrected chi connectivity index (χ3v) is 3.86. The molecule has 0 saturated carbocycles. The zero-order valence-corrected chi connectivity index (χ0v) is 12.8. The van der Waals surface area contributed by atoms with Crippen LogP contribution < -0.4 is 10.6 Å². The molecule has 1 aliphatic rings. The molecule has 1 saturated heterocycles. The monoisotopic (exact) mass is 362 g/mol. The van der Waals surface area contributed by atoms with Crippen molar-refractivity contribution in [2.24, 2.45) is 0 Å². The third-order valence-electron chi connectivity index (χ3n) is 3.00. The molecule has 1 atom stereocenters. The quantitative estimate of drug-likeness (QED) is 0.623. The number of hydrogen-bond donors (Lipinski definition) is 2. The van der Waals surface area contributed by atoms with Crippen LogP contribution in [-0.2, 0) is 4.74 Å². The topological polar surface area (TPSA) is 58.7 Å². The summed E-state index contributed by atoms with van der Waals surface area (Å²) in [5.41, 5.74) is 7.45. The number of benzene rings is 1. The van der Waals surface area contributed by atoms with Crippen LogP contribution in [0.1, 0.15) is 13.8 Å². The molecule has 4 nitrogen and oxygen atoms in total. The van der Waals surface area contributed by atoms with Crippen molar-refractivity contribution in [3.63, 3.8) is 0 Å². The van der Waals surface area contributed by atoms with E-state index in [0.29, 0.717) is 6.54 Å². The van der Waals surface area contributed by atoms with Crippen LogP contribution in [0.3, 0.4) is 0 Å². The normalized spacial score (nSPS) is 23.1. The van der Waals surface area contributed by atoms with Crippen molar-refractivity contribution in [3.8, 4) is 0 Å². The summed E-state index contributed by atoms with van der Waals surface area (Å²) in [4.78, 5) is 2.26. The van der Waals surface area contributed by atoms with Gasteiger partial charge in [0.25, 0.3) is 0 Å². The maximum atomic E-state index is 9.33. The number of aliphatic hydroxyl groups is 1. The van der Waals surface area contributed by atoms with Gasteiger partial charge in [-0.2, -0.15) is 0 Å². The summed E-state index contributed by atoms with van der Waals surface area (Å²) in [7, 11) is 0. The van der Waals surface area contributed by atoms with E-state index in [-0.39, 0.29) is 18.3 Å². The van der Waals surface area contributed by atoms with E-state index in [9.17, 15) is 5.11 Å². The molecule has 0 amide bonds. The van der Waals surface area contributed by atoms with E-state index >= 15 is 0 Å². The van der Waals surface area contributed by atoms with Crippen LogP contribution in [0.4, 0.5) is 11.4 Å². The summed E-state index contributed by atoms with van der Waals surface area (Å²) in [5, 5.41) is 9.33. The summed E-state index contributed by atoms with van der Waals surface area (Å²) in [5.74, 6) is 0. The average molecular weight is 362 g/mol. The first-order chi connectivity index (χ1) is 8.41. The highest BCUT2D eigenvalue weighted by Crippen LogP contribution is 2.30. The van der Waals surface area contributed by atoms with Crippen LogP contribution in [0, 0.1) is 3.57 Å². The summed E-state index contributed by atoms with van der Waals surface area (Å²) in [6, 6.07) is 5.91. The number of nitrogens with two attached hydrogens (primary N) is 1. The van der Waals surface area contributed by atoms with Crippen molar-refractivity contribution in [3.05, 3.63) is 21.8 Å². The van der Waals surface area contributed by atoms with Crippen LogP contribution in [0.25, 0.3) is 0 Å². The predicted octanol–water partition coefficient (Wildman–Crippen LogP) is 1.85. The number of rotatable bonds is 2. The van der Waals surface area contributed by atoms with Gasteiger partial charge in [-0.3, -0.25) is 0 Å². The molecule has 1 heterocycles. The highest BCUT2D eigenvalue weighted by molar-refractivity contribution is 14.1. The lowest BCUT2D eigenvalue weighted by molar-refractivity contribution is -0.101. The number of aliphatic hydroxyl groups excluding tert-OH is 1. The van der Waals surface area contributed by atoms with Gasteiger partial charge in [-0.15, -0.1) is 0 Å². The molecule has 3 N–H and O–H groups in total. The SMILES string of the molecule is CC1(C)CN(c2ccc(N)cc2I)CC(CO)O1. The van der Waals surface area contributed by atoms with Crippen LogP contribution in [0.5, 0.6) is 0 Å². The fourth-order valence-electron chi connectivity index (χ4n) is 2.35. The van der Waals surface area contributed by atoms with E-state index in [1.807, 2.05) is 32.0 Å². The Bertz CT molecular complexity index is 437. The van der Waals surface area contributed by atoms with E-state index in [2.05, 4.69) is 27.5 Å². The van der Waals surface area contributed by atoms with Crippen LogP contribution in [0.2, 0.25) is 0 Å². The average Bonchev–Trinajstić information content (AvgIpc) is 2.26. The van der Waals surface area contributed by atoms with Crippen molar-refractivity contribution in [1.29, 1.82) is 0 Å². The Hall–Kier alpha value is -0.530. The van der Waals surface area contributed by atoms with Gasteiger partial charge in [0.1, 0.15) is 0 Å². The molecule has 1 aromatic carbocycles. The lowest BCUT2D eigenvalue weighted by Crippen LogP contribution is -2.54. The predicted molar refractivity (Wildman–Crippen MR) is 81.8 cm³/mol. The zero-order valence-electron chi connectivity index (χ0n) is 10.7. The molecule has 100 valence electrons. The highest BCUT2D eigenvalue weighted by atomic mass is 127. The molecule has 5 heteroatoms. The fourth-order valence-corrected chi connectivity index (χ4v) is 3.23. The van der Waals surface area contributed by atoms with Gasteiger partial charge in [0.05, 0.1) is 24.0 Å². The molecule has 1 aromatic rings. The number of anilines is 2. The number of nitrogen functional groups attached to an aromatic ring is 1. The van der Waals surface area contributed by atoms with Crippen molar-refractivity contribution in [2.75, 3.05) is 30.3 Å². The van der Waals surface area contributed by atoms with Gasteiger partial charge < -0.3 is 20.5 Å². The fraction of sp³-hybridized carbons (Fsp3) is 0.538. The molecule has 0 spiro atoms. The first kappa shape index (κ1) is 13.9. The van der Waals surface area contributed by atoms with Gasteiger partial charge in [0.15, 0.2) is 0 Å². The molecular formula is C13H19IN2O2. The van der Waals surface area contributed by atoms with E-state index in [0.717, 1.165) is 21.5 Å². The lowest BCUT2D eigenvalue weighted by atomic mass is 10.0. The minimum absolute atomic E-state index is 0.0471. The molecule has 2 rings (SSSR count). The molecule has 1 aliphatic heterocycles. The number of morpholine rings is 1. The van der Waals surface area contributed by atoms with Crippen molar-refractivity contribution < 1.29 is 9.84 Å². The first-order valence-electron chi connectivity index (χ1n) is 6.00. The zero-order chi connectivity index (χ0) is 13.3. The van der Waals surface area contributed by atoms with E-state index in [4.69, 9.17) is 10.5 Å². The van der Waals surface area contributed by atoms with Crippen LogP contribution >= 0.6 is 22.6 Å². The number of halogens is 1. The lowest BCUT2D eigenvalue weighted by Gasteiger charge is -2.43. The molecule has 1 unspecified atom stereocenters. The van der Waals surface area contributed by atoms with Gasteiger partial charge in [-0.25, -0.2) is 0 Å². The Morgan fingerprint density at radius 3 is 2.89 bits per heavy atom. The Balaban J connectivity index is 2.26. The second-order valence-electron chi connectivity index (χ2n) is 5.27. The molecule has 0 bridgehead atoms. The Morgan fingerprint density at radius 2 is 2.28 bits per heavy atom. The molecule has 0 radical (unpaired) electrons. The van der Waals surface area contributed by atoms with E-state index < -0.39 is 0 Å².